The Bertz CT molecular complexity index is 577. The average Bonchev–Trinajstić information content (AvgIpc) is 2.35. The number of nitrogens with one attached hydrogen (secondary N) is 2. The molecule has 0 saturated heterocycles. The van der Waals surface area contributed by atoms with Crippen molar-refractivity contribution in [1.29, 1.82) is 0 Å². The predicted octanol–water partition coefficient (Wildman–Crippen LogP) is 0.694. The second-order valence-corrected chi connectivity index (χ2v) is 3.76. The highest BCUT2D eigenvalue weighted by Gasteiger charge is 2.05. The van der Waals surface area contributed by atoms with Gasteiger partial charge in [0.15, 0.2) is 0 Å². The molecule has 2 rings (SSSR count). The number of aromatic amines is 1. The maximum atomic E-state index is 11.4. The number of aromatic nitrogens is 2. The molecule has 1 aromatic carbocycles. The molecule has 0 aliphatic rings. The number of rotatable bonds is 4. The Balaban J connectivity index is 2.57. The summed E-state index contributed by atoms with van der Waals surface area (Å²) in [6, 6.07) is 5.49. The van der Waals surface area contributed by atoms with E-state index in [9.17, 15) is 4.79 Å². The molecule has 0 fully saturated rings. The van der Waals surface area contributed by atoms with Gasteiger partial charge in [-0.2, -0.15) is 4.98 Å². The number of methoxy groups -OCH3 is 1. The first kappa shape index (κ1) is 11.6. The van der Waals surface area contributed by atoms with E-state index in [4.69, 9.17) is 4.74 Å². The molecule has 0 spiro atoms. The van der Waals surface area contributed by atoms with Gasteiger partial charge in [0.1, 0.15) is 5.75 Å². The van der Waals surface area contributed by atoms with E-state index >= 15 is 0 Å². The molecule has 5 heteroatoms. The SMILES string of the molecule is CNCCc1[nH]c(=O)nc2ccc(OC)cc12. The summed E-state index contributed by atoms with van der Waals surface area (Å²) in [7, 11) is 3.50. The van der Waals surface area contributed by atoms with Gasteiger partial charge in [-0.05, 0) is 25.2 Å². The van der Waals surface area contributed by atoms with Gasteiger partial charge in [-0.25, -0.2) is 4.79 Å². The van der Waals surface area contributed by atoms with Gasteiger partial charge < -0.3 is 15.0 Å². The molecule has 0 bridgehead atoms. The molecular formula is C12H15N3O2. The zero-order valence-electron chi connectivity index (χ0n) is 9.91. The number of hydrogen-bond donors (Lipinski definition) is 2. The van der Waals surface area contributed by atoms with E-state index in [0.29, 0.717) is 5.52 Å². The smallest absolute Gasteiger partial charge is 0.345 e. The molecular weight excluding hydrogens is 218 g/mol. The summed E-state index contributed by atoms with van der Waals surface area (Å²) >= 11 is 0. The number of nitrogens with zero attached hydrogens (tertiary/aromatic N) is 1. The van der Waals surface area contributed by atoms with Crippen molar-refractivity contribution in [3.63, 3.8) is 0 Å². The number of likely N-dealkylation sites (N-methyl/N-ethyl adjacent to an activating group) is 1. The zero-order valence-corrected chi connectivity index (χ0v) is 9.91. The van der Waals surface area contributed by atoms with E-state index in [-0.39, 0.29) is 5.69 Å². The maximum absolute atomic E-state index is 11.4. The third-order valence-electron chi connectivity index (χ3n) is 2.63. The number of ether oxygens (including phenoxy) is 1. The third-order valence-corrected chi connectivity index (χ3v) is 2.63. The maximum Gasteiger partial charge on any atom is 0.345 e. The van der Waals surface area contributed by atoms with Crippen molar-refractivity contribution in [2.75, 3.05) is 20.7 Å². The van der Waals surface area contributed by atoms with Crippen LogP contribution in [0.2, 0.25) is 0 Å². The molecule has 0 saturated carbocycles. The molecule has 2 aromatic rings. The first-order chi connectivity index (χ1) is 8.24. The number of benzene rings is 1. The number of H-pyrrole nitrogens is 1. The molecule has 1 aromatic heterocycles. The normalized spacial score (nSPS) is 10.7. The first-order valence-electron chi connectivity index (χ1n) is 5.46. The van der Waals surface area contributed by atoms with E-state index in [0.717, 1.165) is 29.8 Å². The lowest BCUT2D eigenvalue weighted by molar-refractivity contribution is 0.415. The van der Waals surface area contributed by atoms with Crippen LogP contribution in [-0.2, 0) is 6.42 Å². The number of fused-ring (bicyclic) bond motifs is 1. The summed E-state index contributed by atoms with van der Waals surface area (Å²) < 4.78 is 5.18. The Morgan fingerprint density at radius 3 is 3.00 bits per heavy atom. The van der Waals surface area contributed by atoms with Gasteiger partial charge in [-0.1, -0.05) is 0 Å². The van der Waals surface area contributed by atoms with Crippen LogP contribution in [0, 0.1) is 0 Å². The second kappa shape index (κ2) is 4.97. The minimum Gasteiger partial charge on any atom is -0.497 e. The van der Waals surface area contributed by atoms with E-state index < -0.39 is 0 Å². The third kappa shape index (κ3) is 2.45. The minimum absolute atomic E-state index is 0.311. The molecule has 0 radical (unpaired) electrons. The van der Waals surface area contributed by atoms with Crippen molar-refractivity contribution in [3.05, 3.63) is 34.4 Å². The average molecular weight is 233 g/mol. The Kier molecular flexibility index (Phi) is 3.39. The highest BCUT2D eigenvalue weighted by Crippen LogP contribution is 2.20. The predicted molar refractivity (Wildman–Crippen MR) is 66.5 cm³/mol. The molecule has 17 heavy (non-hydrogen) atoms. The molecule has 0 aliphatic heterocycles. The Morgan fingerprint density at radius 2 is 2.29 bits per heavy atom. The van der Waals surface area contributed by atoms with Gasteiger partial charge >= 0.3 is 5.69 Å². The van der Waals surface area contributed by atoms with Gasteiger partial charge in [0.2, 0.25) is 0 Å². The van der Waals surface area contributed by atoms with Crippen LogP contribution < -0.4 is 15.7 Å². The molecule has 2 N–H and O–H groups in total. The van der Waals surface area contributed by atoms with Crippen molar-refractivity contribution in [3.8, 4) is 5.75 Å². The lowest BCUT2D eigenvalue weighted by atomic mass is 10.1. The minimum atomic E-state index is -0.311. The summed E-state index contributed by atoms with van der Waals surface area (Å²) in [6.07, 6.45) is 0.748. The van der Waals surface area contributed by atoms with Crippen LogP contribution in [0.5, 0.6) is 5.75 Å². The van der Waals surface area contributed by atoms with E-state index in [1.165, 1.54) is 0 Å². The van der Waals surface area contributed by atoms with Crippen LogP contribution in [0.4, 0.5) is 0 Å². The van der Waals surface area contributed by atoms with E-state index in [1.807, 2.05) is 13.1 Å². The lowest BCUT2D eigenvalue weighted by Crippen LogP contribution is -2.17. The molecule has 0 aliphatic carbocycles. The highest BCUT2D eigenvalue weighted by molar-refractivity contribution is 5.82. The van der Waals surface area contributed by atoms with Gasteiger partial charge in [-0.3, -0.25) is 0 Å². The second-order valence-electron chi connectivity index (χ2n) is 3.76. The summed E-state index contributed by atoms with van der Waals surface area (Å²) in [5.41, 5.74) is 1.27. The van der Waals surface area contributed by atoms with Crippen molar-refractivity contribution in [2.24, 2.45) is 0 Å². The van der Waals surface area contributed by atoms with Crippen LogP contribution in [0.25, 0.3) is 10.9 Å². The summed E-state index contributed by atoms with van der Waals surface area (Å²) in [6.45, 7) is 0.798. The summed E-state index contributed by atoms with van der Waals surface area (Å²) in [5, 5.41) is 3.99. The fourth-order valence-electron chi connectivity index (χ4n) is 1.76. The van der Waals surface area contributed by atoms with Crippen molar-refractivity contribution < 1.29 is 4.74 Å². The molecule has 0 atom stereocenters. The Labute approximate surface area is 98.8 Å². The molecule has 90 valence electrons. The van der Waals surface area contributed by atoms with Gasteiger partial charge in [0, 0.05) is 24.0 Å². The lowest BCUT2D eigenvalue weighted by Gasteiger charge is -2.07. The van der Waals surface area contributed by atoms with Gasteiger partial charge in [0.05, 0.1) is 12.6 Å². The highest BCUT2D eigenvalue weighted by atomic mass is 16.5. The summed E-state index contributed by atoms with van der Waals surface area (Å²) in [5.74, 6) is 0.761. The summed E-state index contributed by atoms with van der Waals surface area (Å²) in [4.78, 5) is 18.1. The van der Waals surface area contributed by atoms with Crippen molar-refractivity contribution >= 4 is 10.9 Å². The monoisotopic (exact) mass is 233 g/mol. The van der Waals surface area contributed by atoms with Crippen molar-refractivity contribution in [1.82, 2.24) is 15.3 Å². The van der Waals surface area contributed by atoms with Crippen LogP contribution in [0.3, 0.4) is 0 Å². The van der Waals surface area contributed by atoms with Crippen LogP contribution >= 0.6 is 0 Å². The molecule has 0 unspecified atom stereocenters. The van der Waals surface area contributed by atoms with E-state index in [1.54, 1.807) is 19.2 Å². The fourth-order valence-corrected chi connectivity index (χ4v) is 1.76. The zero-order chi connectivity index (χ0) is 12.3. The fraction of sp³-hybridized carbons (Fsp3) is 0.333. The molecule has 1 heterocycles. The van der Waals surface area contributed by atoms with Crippen LogP contribution in [-0.4, -0.2) is 30.7 Å². The molecule has 0 amide bonds. The van der Waals surface area contributed by atoms with Crippen molar-refractivity contribution in [2.45, 2.75) is 6.42 Å². The topological polar surface area (TPSA) is 67.0 Å². The van der Waals surface area contributed by atoms with Crippen LogP contribution in [0.15, 0.2) is 23.0 Å². The first-order valence-corrected chi connectivity index (χ1v) is 5.46. The Hall–Kier alpha value is -1.88. The quantitative estimate of drug-likeness (QED) is 0.815. The van der Waals surface area contributed by atoms with Gasteiger partial charge in [0.25, 0.3) is 0 Å². The van der Waals surface area contributed by atoms with Gasteiger partial charge in [-0.15, -0.1) is 0 Å². The molecule has 5 nitrogen and oxygen atoms in total. The Morgan fingerprint density at radius 1 is 1.47 bits per heavy atom. The van der Waals surface area contributed by atoms with E-state index in [2.05, 4.69) is 15.3 Å². The largest absolute Gasteiger partial charge is 0.497 e. The van der Waals surface area contributed by atoms with Crippen LogP contribution in [0.1, 0.15) is 5.69 Å². The number of hydrogen-bond acceptors (Lipinski definition) is 4. The standard InChI is InChI=1S/C12H15N3O2/c1-13-6-5-11-9-7-8(17-2)3-4-10(9)14-12(16)15-11/h3-4,7,13H,5-6H2,1-2H3,(H,14,15,16).